The number of aliphatic carboxylic acids is 1. The van der Waals surface area contributed by atoms with Gasteiger partial charge in [-0.05, 0) is 18.4 Å². The third kappa shape index (κ3) is 15.6. The van der Waals surface area contributed by atoms with Gasteiger partial charge in [-0.1, -0.05) is 103 Å². The molecule has 0 saturated carbocycles. The Bertz CT molecular complexity index is 271. The van der Waals surface area contributed by atoms with Gasteiger partial charge in [0.2, 0.25) is 0 Å². The normalized spacial score (nSPS) is 10.8. The second kappa shape index (κ2) is 16.6. The van der Waals surface area contributed by atoms with Crippen LogP contribution in [0.2, 0.25) is 0 Å². The Hall–Kier alpha value is -0.790. The van der Waals surface area contributed by atoms with Crippen molar-refractivity contribution in [2.75, 3.05) is 0 Å². The minimum absolute atomic E-state index is 0.245. The topological polar surface area (TPSA) is 40.1 Å². The predicted molar refractivity (Wildman–Crippen MR) is 93.7 cm³/mol. The summed E-state index contributed by atoms with van der Waals surface area (Å²) in [6.45, 7) is 5.76. The Morgan fingerprint density at radius 3 is 1.32 bits per heavy atom. The van der Waals surface area contributed by atoms with Crippen molar-refractivity contribution in [3.63, 3.8) is 0 Å². The van der Waals surface area contributed by atoms with E-state index in [1.165, 1.54) is 83.5 Å². The number of rotatable bonds is 17. The van der Waals surface area contributed by atoms with Gasteiger partial charge in [-0.15, -0.1) is 0 Å². The van der Waals surface area contributed by atoms with Crippen LogP contribution in [0.5, 0.6) is 0 Å². The Kier molecular flexibility index (Phi) is 16.0. The van der Waals surface area contributed by atoms with Gasteiger partial charge in [0.1, 0.15) is 0 Å². The minimum Gasteiger partial charge on any atom is -0.545 e. The molecule has 0 atom stereocenters. The lowest BCUT2D eigenvalue weighted by Gasteiger charge is -2.06. The van der Waals surface area contributed by atoms with Gasteiger partial charge in [0.25, 0.3) is 0 Å². The van der Waals surface area contributed by atoms with Crippen LogP contribution in [-0.4, -0.2) is 5.97 Å². The highest BCUT2D eigenvalue weighted by atomic mass is 16.4. The first-order chi connectivity index (χ1) is 10.7. The molecule has 0 aliphatic heterocycles. The number of carbonyl (C=O) groups excluding carboxylic acids is 1. The number of hydrogen-bond donors (Lipinski definition) is 0. The van der Waals surface area contributed by atoms with Crippen LogP contribution in [0.3, 0.4) is 0 Å². The fraction of sp³-hybridized carbons (Fsp3) is 0.850. The average molecular weight is 310 g/mol. The fourth-order valence-electron chi connectivity index (χ4n) is 2.81. The van der Waals surface area contributed by atoms with Crippen molar-refractivity contribution in [1.29, 1.82) is 0 Å². The van der Waals surface area contributed by atoms with Crippen molar-refractivity contribution in [1.82, 2.24) is 0 Å². The van der Waals surface area contributed by atoms with E-state index >= 15 is 0 Å². The van der Waals surface area contributed by atoms with Crippen molar-refractivity contribution in [2.24, 2.45) is 0 Å². The molecule has 130 valence electrons. The summed E-state index contributed by atoms with van der Waals surface area (Å²) in [6, 6.07) is 0. The van der Waals surface area contributed by atoms with E-state index in [1.54, 1.807) is 0 Å². The zero-order chi connectivity index (χ0) is 16.5. The van der Waals surface area contributed by atoms with Crippen LogP contribution in [0.4, 0.5) is 0 Å². The molecule has 0 aromatic heterocycles. The van der Waals surface area contributed by atoms with Gasteiger partial charge in [-0.3, -0.25) is 0 Å². The summed E-state index contributed by atoms with van der Waals surface area (Å²) in [5, 5.41) is 10.5. The molecule has 0 amide bonds. The highest BCUT2D eigenvalue weighted by molar-refractivity contribution is 5.83. The monoisotopic (exact) mass is 309 g/mol. The van der Waals surface area contributed by atoms with E-state index in [-0.39, 0.29) is 5.57 Å². The van der Waals surface area contributed by atoms with Crippen LogP contribution in [0.25, 0.3) is 0 Å². The summed E-state index contributed by atoms with van der Waals surface area (Å²) < 4.78 is 0. The number of carboxylic acids is 1. The van der Waals surface area contributed by atoms with E-state index < -0.39 is 5.97 Å². The number of carbonyl (C=O) groups is 1. The van der Waals surface area contributed by atoms with Crippen LogP contribution in [-0.2, 0) is 4.79 Å². The molecule has 0 saturated heterocycles. The molecule has 0 spiro atoms. The summed E-state index contributed by atoms with van der Waals surface area (Å²) in [5.41, 5.74) is 0.245. The minimum atomic E-state index is -1.09. The molecule has 0 rings (SSSR count). The molecular weight excluding hydrogens is 272 g/mol. The lowest BCUT2D eigenvalue weighted by Crippen LogP contribution is -2.23. The van der Waals surface area contributed by atoms with Gasteiger partial charge in [0.15, 0.2) is 0 Å². The second-order valence-corrected chi connectivity index (χ2v) is 6.59. The first-order valence-electron chi connectivity index (χ1n) is 9.57. The van der Waals surface area contributed by atoms with E-state index in [9.17, 15) is 9.90 Å². The third-order valence-corrected chi connectivity index (χ3v) is 4.37. The smallest absolute Gasteiger partial charge is 0.0668 e. The van der Waals surface area contributed by atoms with Crippen molar-refractivity contribution < 1.29 is 9.90 Å². The summed E-state index contributed by atoms with van der Waals surface area (Å²) in [6.07, 6.45) is 20.5. The molecule has 0 radical (unpaired) electrons. The summed E-state index contributed by atoms with van der Waals surface area (Å²) >= 11 is 0. The predicted octanol–water partition coefficient (Wildman–Crippen LogP) is 5.55. The molecule has 0 unspecified atom stereocenters. The van der Waals surface area contributed by atoms with Crippen LogP contribution in [0.15, 0.2) is 12.2 Å². The first kappa shape index (κ1) is 21.2. The highest BCUT2D eigenvalue weighted by Gasteiger charge is 1.96. The first-order valence-corrected chi connectivity index (χ1v) is 9.57. The molecular formula is C20H37O2-. The lowest BCUT2D eigenvalue weighted by molar-refractivity contribution is -0.299. The Morgan fingerprint density at radius 2 is 1.00 bits per heavy atom. The van der Waals surface area contributed by atoms with Crippen LogP contribution in [0, 0.1) is 0 Å². The zero-order valence-electron chi connectivity index (χ0n) is 14.8. The van der Waals surface area contributed by atoms with E-state index in [1.807, 2.05) is 0 Å². The van der Waals surface area contributed by atoms with Crippen LogP contribution < -0.4 is 5.11 Å². The average Bonchev–Trinajstić information content (AvgIpc) is 2.50. The molecule has 0 bridgehead atoms. The number of hydrogen-bond acceptors (Lipinski definition) is 2. The maximum absolute atomic E-state index is 10.5. The van der Waals surface area contributed by atoms with E-state index in [0.717, 1.165) is 12.8 Å². The van der Waals surface area contributed by atoms with E-state index in [2.05, 4.69) is 13.5 Å². The van der Waals surface area contributed by atoms with Gasteiger partial charge in [0, 0.05) is 0 Å². The molecule has 2 heteroatoms. The third-order valence-electron chi connectivity index (χ3n) is 4.37. The second-order valence-electron chi connectivity index (χ2n) is 6.59. The molecule has 0 N–H and O–H groups in total. The summed E-state index contributed by atoms with van der Waals surface area (Å²) in [4.78, 5) is 10.5. The van der Waals surface area contributed by atoms with Gasteiger partial charge < -0.3 is 9.90 Å². The molecule has 0 aromatic rings. The standard InChI is InChI=1S/C20H38O2/c1-3-4-5-6-7-8-9-10-11-12-13-14-15-16-17-18-19(2)20(21)22/h2-18H2,1H3,(H,21,22)/p-1. The van der Waals surface area contributed by atoms with Gasteiger partial charge in [-0.2, -0.15) is 0 Å². The SMILES string of the molecule is C=C(CCCCCCCCCCCCCCCCC)C(=O)[O-]. The fourth-order valence-corrected chi connectivity index (χ4v) is 2.81. The van der Waals surface area contributed by atoms with Crippen LogP contribution >= 0.6 is 0 Å². The quantitative estimate of drug-likeness (QED) is 0.261. The van der Waals surface area contributed by atoms with Crippen LogP contribution in [0.1, 0.15) is 110 Å². The molecule has 0 aliphatic rings. The van der Waals surface area contributed by atoms with Gasteiger partial charge >= 0.3 is 0 Å². The van der Waals surface area contributed by atoms with Crippen molar-refractivity contribution >= 4 is 5.97 Å². The van der Waals surface area contributed by atoms with Crippen molar-refractivity contribution in [3.8, 4) is 0 Å². The summed E-state index contributed by atoms with van der Waals surface area (Å²) in [5.74, 6) is -1.09. The maximum Gasteiger partial charge on any atom is 0.0668 e. The number of unbranched alkanes of at least 4 members (excludes halogenated alkanes) is 14. The Labute approximate surface area is 138 Å². The zero-order valence-corrected chi connectivity index (χ0v) is 14.8. The molecule has 0 aliphatic carbocycles. The van der Waals surface area contributed by atoms with Gasteiger partial charge in [0.05, 0.1) is 5.97 Å². The Balaban J connectivity index is 3.05. The molecule has 2 nitrogen and oxygen atoms in total. The van der Waals surface area contributed by atoms with Crippen molar-refractivity contribution in [2.45, 2.75) is 110 Å². The molecule has 0 heterocycles. The largest absolute Gasteiger partial charge is 0.545 e. The van der Waals surface area contributed by atoms with E-state index in [0.29, 0.717) is 6.42 Å². The molecule has 0 fully saturated rings. The Morgan fingerprint density at radius 1 is 0.682 bits per heavy atom. The molecule has 0 aromatic carbocycles. The maximum atomic E-state index is 10.5. The van der Waals surface area contributed by atoms with E-state index in [4.69, 9.17) is 0 Å². The lowest BCUT2D eigenvalue weighted by atomic mass is 10.0. The van der Waals surface area contributed by atoms with Crippen molar-refractivity contribution in [3.05, 3.63) is 12.2 Å². The summed E-state index contributed by atoms with van der Waals surface area (Å²) in [7, 11) is 0. The highest BCUT2D eigenvalue weighted by Crippen LogP contribution is 2.14. The number of carboxylic acid groups (broad SMARTS) is 1. The molecule has 22 heavy (non-hydrogen) atoms. The van der Waals surface area contributed by atoms with Gasteiger partial charge in [-0.25, -0.2) is 0 Å².